The molecule has 4 rings (SSSR count). The maximum Gasteiger partial charge on any atom is 0.243 e. The Hall–Kier alpha value is -2.78. The molecule has 1 unspecified atom stereocenters. The van der Waals surface area contributed by atoms with Crippen LogP contribution in [0.2, 0.25) is 15.1 Å². The van der Waals surface area contributed by atoms with Crippen LogP contribution in [0.4, 0.5) is 5.69 Å². The van der Waals surface area contributed by atoms with Gasteiger partial charge in [-0.25, -0.2) is 8.42 Å². The van der Waals surface area contributed by atoms with Crippen molar-refractivity contribution >= 4 is 62.3 Å². The van der Waals surface area contributed by atoms with E-state index in [0.29, 0.717) is 32.7 Å². The minimum atomic E-state index is -3.62. The number of carbonyl (C=O) groups excluding carboxylic acids is 2. The summed E-state index contributed by atoms with van der Waals surface area (Å²) in [5.41, 5.74) is 2.03. The largest absolute Gasteiger partial charge is 0.352 e. The molecule has 0 bridgehead atoms. The van der Waals surface area contributed by atoms with Crippen molar-refractivity contribution in [1.29, 1.82) is 0 Å². The van der Waals surface area contributed by atoms with Crippen LogP contribution in [0.15, 0.2) is 72.8 Å². The van der Waals surface area contributed by atoms with Crippen molar-refractivity contribution in [3.8, 4) is 0 Å². The molecule has 0 aromatic heterocycles. The number of amides is 2. The van der Waals surface area contributed by atoms with Gasteiger partial charge >= 0.3 is 0 Å². The van der Waals surface area contributed by atoms with E-state index < -0.39 is 16.1 Å². The molecule has 43 heavy (non-hydrogen) atoms. The van der Waals surface area contributed by atoms with E-state index >= 15 is 0 Å². The molecule has 0 radical (unpaired) electrons. The Kier molecular flexibility index (Phi) is 11.8. The van der Waals surface area contributed by atoms with Crippen LogP contribution >= 0.6 is 34.8 Å². The minimum Gasteiger partial charge on any atom is -0.352 e. The van der Waals surface area contributed by atoms with Crippen LogP contribution in [0.5, 0.6) is 0 Å². The van der Waals surface area contributed by atoms with Crippen LogP contribution in [-0.4, -0.2) is 50.0 Å². The predicted molar refractivity (Wildman–Crippen MR) is 174 cm³/mol. The number of hydrogen-bond donors (Lipinski definition) is 1. The van der Waals surface area contributed by atoms with Crippen LogP contribution in [0, 0.1) is 0 Å². The van der Waals surface area contributed by atoms with Crippen molar-refractivity contribution in [3.63, 3.8) is 0 Å². The van der Waals surface area contributed by atoms with Crippen LogP contribution < -0.4 is 9.62 Å². The quantitative estimate of drug-likeness (QED) is 0.216. The lowest BCUT2D eigenvalue weighted by atomic mass is 10.0. The Morgan fingerprint density at radius 2 is 1.58 bits per heavy atom. The molecule has 7 nitrogen and oxygen atoms in total. The zero-order valence-electron chi connectivity index (χ0n) is 24.0. The molecule has 0 spiro atoms. The Labute approximate surface area is 269 Å². The highest BCUT2D eigenvalue weighted by Crippen LogP contribution is 2.26. The SMILES string of the molecule is CS(=O)(=O)N(CCCC(=O)N(Cc1ccc(Cl)cc1Cl)C(Cc1ccccc1)C(=O)NC1CCCC1)c1ccc(Cl)cc1. The zero-order valence-corrected chi connectivity index (χ0v) is 27.1. The third-order valence-corrected chi connectivity index (χ3v) is 9.63. The van der Waals surface area contributed by atoms with Gasteiger partial charge in [-0.1, -0.05) is 84.0 Å². The van der Waals surface area contributed by atoms with Crippen molar-refractivity contribution in [2.45, 2.75) is 63.6 Å². The van der Waals surface area contributed by atoms with Gasteiger partial charge in [-0.3, -0.25) is 13.9 Å². The smallest absolute Gasteiger partial charge is 0.243 e. The number of nitrogens with zero attached hydrogens (tertiary/aromatic N) is 2. The average molecular weight is 665 g/mol. The molecule has 3 aromatic rings. The highest BCUT2D eigenvalue weighted by molar-refractivity contribution is 7.92. The lowest BCUT2D eigenvalue weighted by Crippen LogP contribution is -2.52. The Morgan fingerprint density at radius 3 is 2.21 bits per heavy atom. The summed E-state index contributed by atoms with van der Waals surface area (Å²) >= 11 is 18.7. The second-order valence-corrected chi connectivity index (χ2v) is 14.1. The van der Waals surface area contributed by atoms with E-state index in [1.165, 1.54) is 4.31 Å². The zero-order chi connectivity index (χ0) is 31.0. The van der Waals surface area contributed by atoms with Gasteiger partial charge in [0.1, 0.15) is 6.04 Å². The van der Waals surface area contributed by atoms with E-state index in [4.69, 9.17) is 34.8 Å². The maximum atomic E-state index is 14.0. The van der Waals surface area contributed by atoms with Gasteiger partial charge in [0, 0.05) is 47.0 Å². The van der Waals surface area contributed by atoms with Gasteiger partial charge in [0.25, 0.3) is 0 Å². The molecule has 1 atom stereocenters. The Balaban J connectivity index is 1.60. The number of rotatable bonds is 13. The number of halogens is 3. The maximum absolute atomic E-state index is 14.0. The van der Waals surface area contributed by atoms with Gasteiger partial charge in [-0.2, -0.15) is 0 Å². The fourth-order valence-electron chi connectivity index (χ4n) is 5.37. The van der Waals surface area contributed by atoms with Gasteiger partial charge in [0.2, 0.25) is 21.8 Å². The van der Waals surface area contributed by atoms with Crippen LogP contribution in [-0.2, 0) is 32.6 Å². The third kappa shape index (κ3) is 9.60. The number of carbonyl (C=O) groups is 2. The molecule has 1 fully saturated rings. The first-order valence-corrected chi connectivity index (χ1v) is 17.3. The van der Waals surface area contributed by atoms with E-state index in [1.54, 1.807) is 47.4 Å². The summed E-state index contributed by atoms with van der Waals surface area (Å²) in [6.07, 6.45) is 5.63. The van der Waals surface area contributed by atoms with Crippen LogP contribution in [0.3, 0.4) is 0 Å². The van der Waals surface area contributed by atoms with Crippen molar-refractivity contribution in [2.75, 3.05) is 17.1 Å². The lowest BCUT2D eigenvalue weighted by Gasteiger charge is -2.33. The average Bonchev–Trinajstić information content (AvgIpc) is 3.47. The third-order valence-electron chi connectivity index (χ3n) is 7.60. The number of nitrogens with one attached hydrogen (secondary N) is 1. The molecular formula is C32H36Cl3N3O4S. The first-order chi connectivity index (χ1) is 20.5. The molecular weight excluding hydrogens is 629 g/mol. The molecule has 0 saturated heterocycles. The fourth-order valence-corrected chi connectivity index (χ4v) is 6.93. The summed E-state index contributed by atoms with van der Waals surface area (Å²) in [7, 11) is -3.62. The van der Waals surface area contributed by atoms with Gasteiger partial charge in [-0.05, 0) is 66.8 Å². The highest BCUT2D eigenvalue weighted by Gasteiger charge is 2.32. The highest BCUT2D eigenvalue weighted by atomic mass is 35.5. The molecule has 0 aliphatic heterocycles. The number of sulfonamides is 1. The van der Waals surface area contributed by atoms with E-state index in [1.807, 2.05) is 30.3 Å². The second kappa shape index (κ2) is 15.3. The first-order valence-electron chi connectivity index (χ1n) is 14.3. The topological polar surface area (TPSA) is 86.8 Å². The summed E-state index contributed by atoms with van der Waals surface area (Å²) < 4.78 is 26.5. The van der Waals surface area contributed by atoms with Crippen molar-refractivity contribution in [1.82, 2.24) is 10.2 Å². The van der Waals surface area contributed by atoms with E-state index in [-0.39, 0.29) is 43.8 Å². The number of benzene rings is 3. The van der Waals surface area contributed by atoms with Gasteiger partial charge in [0.05, 0.1) is 11.9 Å². The molecule has 2 amide bonds. The predicted octanol–water partition coefficient (Wildman–Crippen LogP) is 6.89. The molecule has 1 aliphatic carbocycles. The summed E-state index contributed by atoms with van der Waals surface area (Å²) in [6.45, 7) is 0.177. The summed E-state index contributed by atoms with van der Waals surface area (Å²) in [5, 5.41) is 4.53. The normalized spacial score (nSPS) is 14.3. The van der Waals surface area contributed by atoms with Gasteiger partial charge in [0.15, 0.2) is 0 Å². The summed E-state index contributed by atoms with van der Waals surface area (Å²) in [4.78, 5) is 29.4. The first kappa shape index (κ1) is 33.1. The van der Waals surface area contributed by atoms with Gasteiger partial charge < -0.3 is 10.2 Å². The van der Waals surface area contributed by atoms with Crippen molar-refractivity contribution in [3.05, 3.63) is 99.0 Å². The van der Waals surface area contributed by atoms with E-state index in [2.05, 4.69) is 5.32 Å². The fraction of sp³-hybridized carbons (Fsp3) is 0.375. The molecule has 230 valence electrons. The van der Waals surface area contributed by atoms with E-state index in [0.717, 1.165) is 37.5 Å². The standard InChI is InChI=1S/C32H36Cl3N3O4S/c1-43(41,42)38(28-17-15-25(33)16-18-28)19-7-12-31(39)37(22-24-13-14-26(34)21-29(24)35)30(20-23-8-3-2-4-9-23)32(40)36-27-10-5-6-11-27/h2-4,8-9,13-18,21,27,30H,5-7,10-12,19-20,22H2,1H3,(H,36,40). The van der Waals surface area contributed by atoms with Crippen molar-refractivity contribution in [2.24, 2.45) is 0 Å². The van der Waals surface area contributed by atoms with Crippen LogP contribution in [0.1, 0.15) is 49.7 Å². The summed E-state index contributed by atoms with van der Waals surface area (Å²) in [5.74, 6) is -0.494. The Bertz CT molecular complexity index is 1500. The van der Waals surface area contributed by atoms with Crippen LogP contribution in [0.25, 0.3) is 0 Å². The molecule has 3 aromatic carbocycles. The monoisotopic (exact) mass is 663 g/mol. The lowest BCUT2D eigenvalue weighted by molar-refractivity contribution is -0.141. The minimum absolute atomic E-state index is 0.0207. The number of anilines is 1. The molecule has 11 heteroatoms. The second-order valence-electron chi connectivity index (χ2n) is 10.9. The van der Waals surface area contributed by atoms with E-state index in [9.17, 15) is 18.0 Å². The Morgan fingerprint density at radius 1 is 0.930 bits per heavy atom. The molecule has 1 N–H and O–H groups in total. The molecule has 1 saturated carbocycles. The summed E-state index contributed by atoms with van der Waals surface area (Å²) in [6, 6.07) is 20.4. The van der Waals surface area contributed by atoms with Gasteiger partial charge in [-0.15, -0.1) is 0 Å². The molecule has 1 aliphatic rings. The van der Waals surface area contributed by atoms with Crippen molar-refractivity contribution < 1.29 is 18.0 Å². The number of hydrogen-bond acceptors (Lipinski definition) is 4. The molecule has 0 heterocycles.